The lowest BCUT2D eigenvalue weighted by atomic mass is 9.75. The summed E-state index contributed by atoms with van der Waals surface area (Å²) in [5.74, 6) is 2.31. The Morgan fingerprint density at radius 1 is 0.960 bits per heavy atom. The van der Waals surface area contributed by atoms with E-state index in [0.717, 1.165) is 18.0 Å². The van der Waals surface area contributed by atoms with Gasteiger partial charge in [-0.2, -0.15) is 0 Å². The van der Waals surface area contributed by atoms with Crippen LogP contribution >= 0.6 is 0 Å². The first-order valence-electron chi connectivity index (χ1n) is 11.1. The van der Waals surface area contributed by atoms with E-state index in [2.05, 4.69) is 29.2 Å². The number of aliphatic imine (C=N–C) groups is 1. The molecule has 0 amide bonds. The Hall–Kier alpha value is -0.610. The Morgan fingerprint density at radius 2 is 1.72 bits per heavy atom. The lowest BCUT2D eigenvalue weighted by molar-refractivity contribution is -0.755. The summed E-state index contributed by atoms with van der Waals surface area (Å²) in [6.45, 7) is 1.27. The Morgan fingerprint density at radius 3 is 2.52 bits per heavy atom. The van der Waals surface area contributed by atoms with Crippen LogP contribution in [0, 0.1) is 5.92 Å². The van der Waals surface area contributed by atoms with Gasteiger partial charge in [-0.25, -0.2) is 0 Å². The summed E-state index contributed by atoms with van der Waals surface area (Å²) < 4.78 is 0. The lowest BCUT2D eigenvalue weighted by Gasteiger charge is -2.43. The summed E-state index contributed by atoms with van der Waals surface area (Å²) in [6.07, 6.45) is 17.2. The van der Waals surface area contributed by atoms with Crippen molar-refractivity contribution in [3.8, 4) is 0 Å². The Labute approximate surface area is 154 Å². The first-order chi connectivity index (χ1) is 12.2. The van der Waals surface area contributed by atoms with Gasteiger partial charge in [0.1, 0.15) is 6.17 Å². The molecule has 0 aromatic carbocycles. The van der Waals surface area contributed by atoms with Crippen LogP contribution in [0.5, 0.6) is 0 Å². The first kappa shape index (κ1) is 17.8. The predicted molar refractivity (Wildman–Crippen MR) is 104 cm³/mol. The average Bonchev–Trinajstić information content (AvgIpc) is 3.10. The second-order valence-electron chi connectivity index (χ2n) is 9.27. The molecular formula is C21H39N4+. The summed E-state index contributed by atoms with van der Waals surface area (Å²) in [5.41, 5.74) is 0. The van der Waals surface area contributed by atoms with Crippen LogP contribution in [0.3, 0.4) is 0 Å². The van der Waals surface area contributed by atoms with Crippen LogP contribution in [0.2, 0.25) is 0 Å². The number of fused-ring (bicyclic) bond motifs is 1. The van der Waals surface area contributed by atoms with Crippen molar-refractivity contribution in [1.29, 1.82) is 0 Å². The van der Waals surface area contributed by atoms with Gasteiger partial charge in [-0.1, -0.05) is 25.7 Å². The number of piperidine rings is 1. The molecule has 0 spiro atoms. The predicted octanol–water partition coefficient (Wildman–Crippen LogP) is 2.60. The van der Waals surface area contributed by atoms with Gasteiger partial charge in [-0.15, -0.1) is 0 Å². The van der Waals surface area contributed by atoms with E-state index in [4.69, 9.17) is 4.99 Å². The van der Waals surface area contributed by atoms with E-state index in [0.29, 0.717) is 12.2 Å². The van der Waals surface area contributed by atoms with Gasteiger partial charge < -0.3 is 10.2 Å². The SMILES string of the molecule is CN(C)C1CC(N=C2CCCN2C2CCCCC2)C2CCCCC2[NH2+]1. The monoisotopic (exact) mass is 347 g/mol. The van der Waals surface area contributed by atoms with E-state index in [9.17, 15) is 0 Å². The minimum Gasteiger partial charge on any atom is -0.357 e. The number of amidine groups is 1. The van der Waals surface area contributed by atoms with E-state index in [1.54, 1.807) is 0 Å². The number of likely N-dealkylation sites (tertiary alicyclic amines) is 1. The first-order valence-corrected chi connectivity index (χ1v) is 11.1. The van der Waals surface area contributed by atoms with Crippen LogP contribution in [-0.2, 0) is 0 Å². The molecule has 4 unspecified atom stereocenters. The Balaban J connectivity index is 1.52. The van der Waals surface area contributed by atoms with Crippen LogP contribution in [0.15, 0.2) is 4.99 Å². The molecular weight excluding hydrogens is 308 g/mol. The second kappa shape index (κ2) is 7.96. The van der Waals surface area contributed by atoms with E-state index in [-0.39, 0.29) is 0 Å². The van der Waals surface area contributed by atoms with Gasteiger partial charge in [0.2, 0.25) is 0 Å². The average molecular weight is 348 g/mol. The maximum atomic E-state index is 5.50. The molecule has 2 saturated heterocycles. The molecule has 4 fully saturated rings. The fourth-order valence-electron chi connectivity index (χ4n) is 6.02. The molecule has 2 N–H and O–H groups in total. The third kappa shape index (κ3) is 3.90. The van der Waals surface area contributed by atoms with Gasteiger partial charge in [0.25, 0.3) is 0 Å². The zero-order valence-electron chi connectivity index (χ0n) is 16.5. The van der Waals surface area contributed by atoms with Crippen molar-refractivity contribution in [2.24, 2.45) is 10.9 Å². The Bertz CT molecular complexity index is 469. The van der Waals surface area contributed by atoms with Crippen molar-refractivity contribution >= 4 is 5.84 Å². The van der Waals surface area contributed by atoms with Gasteiger partial charge in [-0.3, -0.25) is 9.89 Å². The van der Waals surface area contributed by atoms with Gasteiger partial charge in [0, 0.05) is 31.3 Å². The second-order valence-corrected chi connectivity index (χ2v) is 9.27. The zero-order chi connectivity index (χ0) is 17.2. The fourth-order valence-corrected chi connectivity index (χ4v) is 6.02. The summed E-state index contributed by atoms with van der Waals surface area (Å²) in [4.78, 5) is 10.7. The number of rotatable bonds is 3. The van der Waals surface area contributed by atoms with E-state index in [1.807, 2.05) is 0 Å². The van der Waals surface area contributed by atoms with Crippen molar-refractivity contribution < 1.29 is 5.32 Å². The fraction of sp³-hybridized carbons (Fsp3) is 0.952. The normalized spacial score (nSPS) is 39.2. The summed E-state index contributed by atoms with van der Waals surface area (Å²) in [7, 11) is 4.50. The van der Waals surface area contributed by atoms with Crippen LogP contribution in [0.4, 0.5) is 0 Å². The van der Waals surface area contributed by atoms with Gasteiger partial charge in [0.15, 0.2) is 0 Å². The maximum absolute atomic E-state index is 5.50. The van der Waals surface area contributed by atoms with Crippen molar-refractivity contribution in [3.63, 3.8) is 0 Å². The van der Waals surface area contributed by atoms with Crippen LogP contribution in [0.1, 0.15) is 77.0 Å². The highest BCUT2D eigenvalue weighted by Crippen LogP contribution is 2.33. The smallest absolute Gasteiger partial charge is 0.144 e. The number of hydrogen-bond donors (Lipinski definition) is 1. The molecule has 4 nitrogen and oxygen atoms in total. The standard InChI is InChI=1S/C21H38N4/c1-24(2)21-15-19(17-11-6-7-12-18(17)22-21)23-20-13-8-14-25(20)16-9-4-3-5-10-16/h16-19,21-22H,3-15H2,1-2H3/p+1. The van der Waals surface area contributed by atoms with Crippen molar-refractivity contribution in [2.75, 3.05) is 20.6 Å². The number of nitrogens with zero attached hydrogens (tertiary/aromatic N) is 3. The van der Waals surface area contributed by atoms with E-state index in [1.165, 1.54) is 89.4 Å². The van der Waals surface area contributed by atoms with Crippen molar-refractivity contribution in [3.05, 3.63) is 0 Å². The van der Waals surface area contributed by atoms with Crippen LogP contribution in [-0.4, -0.2) is 60.6 Å². The van der Waals surface area contributed by atoms with E-state index < -0.39 is 0 Å². The maximum Gasteiger partial charge on any atom is 0.144 e. The van der Waals surface area contributed by atoms with Crippen molar-refractivity contribution in [2.45, 2.75) is 101 Å². The summed E-state index contributed by atoms with van der Waals surface area (Å²) >= 11 is 0. The largest absolute Gasteiger partial charge is 0.357 e. The lowest BCUT2D eigenvalue weighted by Crippen LogP contribution is -3.01. The Kier molecular flexibility index (Phi) is 5.66. The zero-order valence-corrected chi connectivity index (χ0v) is 16.5. The van der Waals surface area contributed by atoms with Crippen LogP contribution in [0.25, 0.3) is 0 Å². The molecule has 142 valence electrons. The molecule has 0 bridgehead atoms. The number of quaternary nitrogens is 1. The molecule has 4 atom stereocenters. The van der Waals surface area contributed by atoms with Crippen molar-refractivity contribution in [1.82, 2.24) is 9.80 Å². The highest BCUT2D eigenvalue weighted by molar-refractivity contribution is 5.84. The third-order valence-electron chi connectivity index (χ3n) is 7.45. The number of hydrogen-bond acceptors (Lipinski definition) is 2. The molecule has 2 aliphatic carbocycles. The quantitative estimate of drug-likeness (QED) is 0.852. The van der Waals surface area contributed by atoms with Crippen LogP contribution < -0.4 is 5.32 Å². The minimum atomic E-state index is 0.571. The van der Waals surface area contributed by atoms with Gasteiger partial charge in [-0.05, 0) is 52.6 Å². The molecule has 2 saturated carbocycles. The molecule has 4 rings (SSSR count). The van der Waals surface area contributed by atoms with Gasteiger partial charge in [0.05, 0.1) is 17.9 Å². The summed E-state index contributed by atoms with van der Waals surface area (Å²) in [5, 5.41) is 2.67. The minimum absolute atomic E-state index is 0.571. The molecule has 2 heterocycles. The molecule has 0 radical (unpaired) electrons. The molecule has 0 aromatic heterocycles. The van der Waals surface area contributed by atoms with E-state index >= 15 is 0 Å². The highest BCUT2D eigenvalue weighted by Gasteiger charge is 2.43. The molecule has 4 aliphatic rings. The van der Waals surface area contributed by atoms with Gasteiger partial charge >= 0.3 is 0 Å². The summed E-state index contributed by atoms with van der Waals surface area (Å²) in [6, 6.07) is 2.19. The number of nitrogens with two attached hydrogens (primary N) is 1. The molecule has 2 aliphatic heterocycles. The third-order valence-corrected chi connectivity index (χ3v) is 7.45. The topological polar surface area (TPSA) is 35.5 Å². The highest BCUT2D eigenvalue weighted by atomic mass is 15.3. The molecule has 25 heavy (non-hydrogen) atoms. The molecule has 0 aromatic rings. The molecule has 4 heteroatoms.